The van der Waals surface area contributed by atoms with E-state index in [1.54, 1.807) is 44.6 Å². The Morgan fingerprint density at radius 2 is 1.30 bits per heavy atom. The van der Waals surface area contributed by atoms with Gasteiger partial charge in [0.15, 0.2) is 11.5 Å². The van der Waals surface area contributed by atoms with Gasteiger partial charge < -0.3 is 14.3 Å². The Labute approximate surface area is 264 Å². The molecule has 1 radical (unpaired) electrons. The van der Waals surface area contributed by atoms with Crippen molar-refractivity contribution < 1.29 is 63.4 Å². The number of aliphatic imine (C=N–C) groups is 1. The van der Waals surface area contributed by atoms with Crippen molar-refractivity contribution in [1.29, 1.82) is 5.26 Å². The van der Waals surface area contributed by atoms with E-state index in [0.29, 0.717) is 34.5 Å². The Kier molecular flexibility index (Phi) is 14.7. The Balaban J connectivity index is 0.000000729. The van der Waals surface area contributed by atoms with Gasteiger partial charge in [-0.15, -0.1) is 0 Å². The largest absolute Gasteiger partial charge is 1.00 e. The molecule has 0 saturated heterocycles. The first-order chi connectivity index (χ1) is 19.7. The van der Waals surface area contributed by atoms with Crippen LogP contribution in [0.15, 0.2) is 70.8 Å². The molecule has 4 rings (SSSR count). The average molecular weight is 736 g/mol. The minimum absolute atomic E-state index is 0. The molecule has 6 nitrogen and oxygen atoms in total. The average Bonchev–Trinajstić information content (AvgIpc) is 3.25. The Morgan fingerprint density at radius 1 is 0.841 bits per heavy atom. The minimum Gasteiger partial charge on any atom is 1.00 e. The Hall–Kier alpha value is -3.55. The molecule has 0 aromatic heterocycles. The van der Waals surface area contributed by atoms with E-state index < -0.39 is 7.81 Å². The SMILES string of the molecule is CC#N.CO/N=C1/C(c2ccc(F)cc2)=Nc2cc(OC)c(OC)cc21.Cc1ccc(C(C)C)cc1.F[P-](F)(F)(F)(F)F.[Ru+]. The van der Waals surface area contributed by atoms with E-state index in [4.69, 9.17) is 19.6 Å². The van der Waals surface area contributed by atoms with Gasteiger partial charge in [0.05, 0.1) is 26.0 Å². The third kappa shape index (κ3) is 15.3. The molecule has 0 fully saturated rings. The third-order valence-corrected chi connectivity index (χ3v) is 5.26. The van der Waals surface area contributed by atoms with Crippen molar-refractivity contribution in [2.75, 3.05) is 21.3 Å². The molecule has 0 bridgehead atoms. The molecule has 1 aliphatic rings. The number of hydrogen-bond donors (Lipinski definition) is 0. The number of aryl methyl sites for hydroxylation is 1. The first-order valence-corrected chi connectivity index (χ1v) is 14.4. The fourth-order valence-corrected chi connectivity index (χ4v) is 3.40. The molecule has 1 heterocycles. The number of rotatable bonds is 5. The van der Waals surface area contributed by atoms with Crippen LogP contribution in [0.25, 0.3) is 0 Å². The first kappa shape index (κ1) is 40.5. The fraction of sp³-hybridized carbons (Fsp3) is 0.276. The minimum atomic E-state index is -10.7. The van der Waals surface area contributed by atoms with E-state index in [2.05, 4.69) is 55.2 Å². The second kappa shape index (κ2) is 16.0. The number of methoxy groups -OCH3 is 2. The van der Waals surface area contributed by atoms with Crippen molar-refractivity contribution in [3.05, 3.63) is 88.7 Å². The predicted molar refractivity (Wildman–Crippen MR) is 156 cm³/mol. The fourth-order valence-electron chi connectivity index (χ4n) is 3.40. The van der Waals surface area contributed by atoms with Gasteiger partial charge in [0, 0.05) is 24.1 Å². The summed E-state index contributed by atoms with van der Waals surface area (Å²) >= 11 is 0. The topological polar surface area (TPSA) is 76.2 Å². The van der Waals surface area contributed by atoms with Gasteiger partial charge in [0.1, 0.15) is 24.4 Å². The van der Waals surface area contributed by atoms with Crippen molar-refractivity contribution in [1.82, 2.24) is 0 Å². The zero-order valence-corrected chi connectivity index (χ0v) is 27.5. The van der Waals surface area contributed by atoms with Crippen molar-refractivity contribution in [3.8, 4) is 17.6 Å². The quantitative estimate of drug-likeness (QED) is 0.113. The summed E-state index contributed by atoms with van der Waals surface area (Å²) in [6.45, 7) is 7.97. The normalized spacial score (nSPS) is 13.8. The van der Waals surface area contributed by atoms with Crippen LogP contribution in [0.3, 0.4) is 0 Å². The van der Waals surface area contributed by atoms with Gasteiger partial charge in [0.2, 0.25) is 0 Å². The zero-order valence-electron chi connectivity index (χ0n) is 24.9. The number of benzene rings is 3. The molecule has 0 spiro atoms. The van der Waals surface area contributed by atoms with Crippen molar-refractivity contribution >= 4 is 24.9 Å². The van der Waals surface area contributed by atoms with Crippen LogP contribution in [0, 0.1) is 24.1 Å². The molecule has 0 unspecified atom stereocenters. The number of ether oxygens (including phenoxy) is 2. The second-order valence-electron chi connectivity index (χ2n) is 9.06. The van der Waals surface area contributed by atoms with Crippen LogP contribution < -0.4 is 9.47 Å². The summed E-state index contributed by atoms with van der Waals surface area (Å²) in [5.41, 5.74) is 6.14. The molecule has 44 heavy (non-hydrogen) atoms. The van der Waals surface area contributed by atoms with Crippen molar-refractivity contribution in [2.24, 2.45) is 10.1 Å². The van der Waals surface area contributed by atoms with Crippen LogP contribution in [0.4, 0.5) is 35.3 Å². The standard InChI is InChI=1S/C17H15FN2O3.C10H14.C2H3N.F6P.Ru/c1-21-14-8-12-13(9-15(14)22-2)19-16(17(12)20-23-3)10-4-6-11(18)7-5-10;1-8(2)10-6-4-9(3)5-7-10;1-2-3;1-7(2,3,4,5)6;/h4-9H,1-3H3;4-8H,1-3H3;1H3;;/q;;;-1;+1/b20-17+;;;;. The van der Waals surface area contributed by atoms with Crippen LogP contribution in [0.1, 0.15) is 48.9 Å². The first-order valence-electron chi connectivity index (χ1n) is 12.4. The predicted octanol–water partition coefficient (Wildman–Crippen LogP) is 10.4. The van der Waals surface area contributed by atoms with Crippen LogP contribution in [0.2, 0.25) is 0 Å². The molecule has 1 aliphatic heterocycles. The maximum absolute atomic E-state index is 13.2. The van der Waals surface area contributed by atoms with Gasteiger partial charge in [-0.25, -0.2) is 9.38 Å². The van der Waals surface area contributed by atoms with Gasteiger partial charge in [-0.1, -0.05) is 48.8 Å². The second-order valence-corrected chi connectivity index (χ2v) is 11.0. The molecule has 243 valence electrons. The van der Waals surface area contributed by atoms with Gasteiger partial charge in [-0.05, 0) is 48.7 Å². The molecule has 15 heteroatoms. The smallest absolute Gasteiger partial charge is 1.00 e. The number of oxime groups is 1. The van der Waals surface area contributed by atoms with Crippen molar-refractivity contribution in [2.45, 2.75) is 33.6 Å². The number of fused-ring (bicyclic) bond motifs is 1. The zero-order chi connectivity index (χ0) is 33.1. The number of nitrogens with zero attached hydrogens (tertiary/aromatic N) is 3. The van der Waals surface area contributed by atoms with Crippen LogP contribution in [-0.4, -0.2) is 32.8 Å². The number of hydrogen-bond acceptors (Lipinski definition) is 6. The Morgan fingerprint density at radius 3 is 1.70 bits per heavy atom. The maximum atomic E-state index is 13.2. The number of halogens is 7. The van der Waals surface area contributed by atoms with E-state index in [1.165, 1.54) is 37.3 Å². The molecule has 3 aromatic carbocycles. The molecule has 3 aromatic rings. The van der Waals surface area contributed by atoms with Gasteiger partial charge in [-0.2, -0.15) is 5.26 Å². The van der Waals surface area contributed by atoms with E-state index in [1.807, 2.05) is 0 Å². The summed E-state index contributed by atoms with van der Waals surface area (Å²) in [4.78, 5) is 9.53. The van der Waals surface area contributed by atoms with E-state index in [-0.39, 0.29) is 25.3 Å². The molecular formula is C29H32F7N3O3PRu. The monoisotopic (exact) mass is 736 g/mol. The summed E-state index contributed by atoms with van der Waals surface area (Å²) in [6, 6.07) is 20.1. The van der Waals surface area contributed by atoms with E-state index in [0.717, 1.165) is 11.1 Å². The molecule has 0 saturated carbocycles. The molecule has 0 atom stereocenters. The van der Waals surface area contributed by atoms with Crippen LogP contribution in [-0.2, 0) is 24.3 Å². The summed E-state index contributed by atoms with van der Waals surface area (Å²) < 4.78 is 83.0. The summed E-state index contributed by atoms with van der Waals surface area (Å²) in [7, 11) is -6.06. The molecule has 0 aliphatic carbocycles. The maximum Gasteiger partial charge on any atom is 1.00 e. The van der Waals surface area contributed by atoms with E-state index in [9.17, 15) is 29.6 Å². The third-order valence-electron chi connectivity index (χ3n) is 5.26. The van der Waals surface area contributed by atoms with Crippen LogP contribution >= 0.6 is 7.81 Å². The summed E-state index contributed by atoms with van der Waals surface area (Å²) in [5.74, 6) is 1.50. The van der Waals surface area contributed by atoms with Gasteiger partial charge in [-0.3, -0.25) is 0 Å². The van der Waals surface area contributed by atoms with Gasteiger partial charge in [0.25, 0.3) is 0 Å². The summed E-state index contributed by atoms with van der Waals surface area (Å²) in [5, 5.41) is 11.4. The van der Waals surface area contributed by atoms with Gasteiger partial charge >= 0.3 is 52.5 Å². The molecule has 0 N–H and O–H groups in total. The van der Waals surface area contributed by atoms with E-state index >= 15 is 0 Å². The van der Waals surface area contributed by atoms with Crippen LogP contribution in [0.5, 0.6) is 11.5 Å². The summed E-state index contributed by atoms with van der Waals surface area (Å²) in [6.07, 6.45) is 0. The van der Waals surface area contributed by atoms with Crippen molar-refractivity contribution in [3.63, 3.8) is 0 Å². The molecular weight excluding hydrogens is 703 g/mol. The molecule has 0 amide bonds. The number of nitriles is 1. The Bertz CT molecular complexity index is 1460.